The quantitative estimate of drug-likeness (QED) is 0.724. The Labute approximate surface area is 87.8 Å². The van der Waals surface area contributed by atoms with Crippen molar-refractivity contribution in [1.29, 1.82) is 0 Å². The molecule has 1 atom stereocenters. The zero-order valence-corrected chi connectivity index (χ0v) is 8.91. The van der Waals surface area contributed by atoms with Gasteiger partial charge in [-0.15, -0.1) is 5.10 Å². The van der Waals surface area contributed by atoms with Crippen molar-refractivity contribution in [2.45, 2.75) is 4.90 Å². The lowest BCUT2D eigenvalue weighted by Gasteiger charge is -2.00. The lowest BCUT2D eigenvalue weighted by Crippen LogP contribution is -2.23. The van der Waals surface area contributed by atoms with E-state index in [9.17, 15) is 13.8 Å². The van der Waals surface area contributed by atoms with Crippen molar-refractivity contribution in [1.82, 2.24) is 9.89 Å². The third-order valence-corrected chi connectivity index (χ3v) is 2.45. The van der Waals surface area contributed by atoms with Crippen LogP contribution in [0.25, 0.3) is 0 Å². The summed E-state index contributed by atoms with van der Waals surface area (Å²) in [5.41, 5.74) is 2.21. The molecule has 0 saturated heterocycles. The molecule has 15 heavy (non-hydrogen) atoms. The molecule has 1 unspecified atom stereocenters. The van der Waals surface area contributed by atoms with E-state index < -0.39 is 16.9 Å². The summed E-state index contributed by atoms with van der Waals surface area (Å²) in [7, 11) is -0.150. The average Bonchev–Trinajstić information content (AvgIpc) is 2.60. The van der Waals surface area contributed by atoms with Crippen molar-refractivity contribution in [3.05, 3.63) is 11.9 Å². The number of rotatable bonds is 3. The van der Waals surface area contributed by atoms with Crippen LogP contribution in [-0.2, 0) is 15.5 Å². The fraction of sp³-hybridized carbons (Fsp3) is 0.286. The molecule has 0 bridgehead atoms. The van der Waals surface area contributed by atoms with Gasteiger partial charge in [0.15, 0.2) is 6.29 Å². The molecule has 1 rings (SSSR count). The fourth-order valence-electron chi connectivity index (χ4n) is 0.871. The van der Waals surface area contributed by atoms with E-state index in [1.54, 1.807) is 0 Å². The number of ether oxygens (including phenoxy) is 1. The second-order valence-electron chi connectivity index (χ2n) is 2.50. The van der Waals surface area contributed by atoms with E-state index in [0.717, 1.165) is 4.79 Å². The maximum Gasteiger partial charge on any atom is 0.427 e. The van der Waals surface area contributed by atoms with Crippen LogP contribution < -0.4 is 5.43 Å². The molecule has 0 aromatic carbocycles. The molecule has 0 spiro atoms. The minimum Gasteiger partial charge on any atom is -0.452 e. The third-order valence-electron chi connectivity index (χ3n) is 1.52. The number of carbonyl (C=O) groups is 2. The number of nitrogens with zero attached hydrogens (tertiary/aromatic N) is 2. The maximum absolute atomic E-state index is 11.1. The summed E-state index contributed by atoms with van der Waals surface area (Å²) in [5.74, 6) is 0. The van der Waals surface area contributed by atoms with Crippen LogP contribution in [0.5, 0.6) is 0 Å². The monoisotopic (exact) mass is 231 g/mol. The second kappa shape index (κ2) is 4.69. The number of aromatic nitrogens is 2. The predicted octanol–water partition coefficient (Wildman–Crippen LogP) is -0.257. The predicted molar refractivity (Wildman–Crippen MR) is 51.7 cm³/mol. The van der Waals surface area contributed by atoms with E-state index >= 15 is 0 Å². The molecule has 1 heterocycles. The summed E-state index contributed by atoms with van der Waals surface area (Å²) in [5, 5.41) is 3.68. The Hall–Kier alpha value is -1.70. The Morgan fingerprint density at radius 3 is 2.80 bits per heavy atom. The van der Waals surface area contributed by atoms with Gasteiger partial charge in [0.1, 0.15) is 5.69 Å². The van der Waals surface area contributed by atoms with Crippen LogP contribution in [0.2, 0.25) is 0 Å². The highest BCUT2D eigenvalue weighted by Crippen LogP contribution is 2.07. The van der Waals surface area contributed by atoms with Gasteiger partial charge in [0.05, 0.1) is 29.0 Å². The van der Waals surface area contributed by atoms with Gasteiger partial charge in [0.25, 0.3) is 0 Å². The smallest absolute Gasteiger partial charge is 0.427 e. The highest BCUT2D eigenvalue weighted by molar-refractivity contribution is 7.84. The van der Waals surface area contributed by atoms with E-state index in [0.29, 0.717) is 6.29 Å². The summed E-state index contributed by atoms with van der Waals surface area (Å²) < 4.78 is 15.5. The van der Waals surface area contributed by atoms with Crippen LogP contribution in [0.15, 0.2) is 11.1 Å². The Morgan fingerprint density at radius 2 is 2.40 bits per heavy atom. The Morgan fingerprint density at radius 1 is 1.73 bits per heavy atom. The van der Waals surface area contributed by atoms with Crippen molar-refractivity contribution in [3.63, 3.8) is 0 Å². The molecule has 8 heteroatoms. The Balaban J connectivity index is 2.97. The number of methoxy groups -OCH3 is 1. The van der Waals surface area contributed by atoms with Gasteiger partial charge in [0.2, 0.25) is 0 Å². The van der Waals surface area contributed by atoms with E-state index in [4.69, 9.17) is 0 Å². The van der Waals surface area contributed by atoms with Crippen LogP contribution in [0.3, 0.4) is 0 Å². The lowest BCUT2D eigenvalue weighted by molar-refractivity contribution is 0.111. The molecule has 0 saturated carbocycles. The van der Waals surface area contributed by atoms with Crippen LogP contribution in [-0.4, -0.2) is 39.8 Å². The molecule has 1 aromatic heterocycles. The van der Waals surface area contributed by atoms with Crippen molar-refractivity contribution < 1.29 is 18.5 Å². The van der Waals surface area contributed by atoms with E-state index in [1.165, 1.54) is 19.6 Å². The summed E-state index contributed by atoms with van der Waals surface area (Å²) in [6.07, 6.45) is 2.43. The molecular formula is C7H9N3O4S. The molecule has 1 amide bonds. The number of carbonyl (C=O) groups excluding carboxylic acids is 2. The van der Waals surface area contributed by atoms with Crippen molar-refractivity contribution >= 4 is 23.2 Å². The minimum atomic E-state index is -1.34. The number of aldehydes is 1. The first-order valence-electron chi connectivity index (χ1n) is 3.81. The van der Waals surface area contributed by atoms with Crippen LogP contribution >= 0.6 is 0 Å². The largest absolute Gasteiger partial charge is 0.452 e. The summed E-state index contributed by atoms with van der Waals surface area (Å²) in [6, 6.07) is 0. The van der Waals surface area contributed by atoms with Crippen LogP contribution in [0.1, 0.15) is 10.5 Å². The third kappa shape index (κ3) is 2.62. The highest BCUT2D eigenvalue weighted by Gasteiger charge is 2.12. The van der Waals surface area contributed by atoms with E-state index in [1.807, 2.05) is 0 Å². The standard InChI is InChI=1S/C7H9N3O4S/c1-14-7(12)9-10-3-6(15(2)13)5(4-11)8-10/h3-4H,1-2H3,(H,9,12). The molecule has 7 nitrogen and oxygen atoms in total. The Kier molecular flexibility index (Phi) is 3.56. The number of hydrogen-bond acceptors (Lipinski definition) is 5. The van der Waals surface area contributed by atoms with E-state index in [2.05, 4.69) is 15.3 Å². The maximum atomic E-state index is 11.1. The number of amides is 1. The van der Waals surface area contributed by atoms with Crippen LogP contribution in [0.4, 0.5) is 4.79 Å². The van der Waals surface area contributed by atoms with Gasteiger partial charge in [-0.3, -0.25) is 9.00 Å². The first-order valence-corrected chi connectivity index (χ1v) is 5.37. The normalized spacial score (nSPS) is 11.9. The zero-order chi connectivity index (χ0) is 11.4. The van der Waals surface area contributed by atoms with Gasteiger partial charge >= 0.3 is 6.09 Å². The molecule has 0 aliphatic carbocycles. The molecule has 0 aliphatic rings. The van der Waals surface area contributed by atoms with Gasteiger partial charge in [-0.05, 0) is 0 Å². The van der Waals surface area contributed by atoms with Crippen molar-refractivity contribution in [2.75, 3.05) is 18.8 Å². The lowest BCUT2D eigenvalue weighted by atomic mass is 10.5. The topological polar surface area (TPSA) is 90.3 Å². The zero-order valence-electron chi connectivity index (χ0n) is 8.09. The van der Waals surface area contributed by atoms with Crippen LogP contribution in [0, 0.1) is 0 Å². The summed E-state index contributed by atoms with van der Waals surface area (Å²) >= 11 is 0. The molecule has 0 aliphatic heterocycles. The average molecular weight is 231 g/mol. The van der Waals surface area contributed by atoms with Gasteiger partial charge in [-0.25, -0.2) is 10.2 Å². The SMILES string of the molecule is COC(=O)Nn1cc(S(C)=O)c(C=O)n1. The highest BCUT2D eigenvalue weighted by atomic mass is 32.2. The van der Waals surface area contributed by atoms with Gasteiger partial charge in [0, 0.05) is 6.26 Å². The Bertz CT molecular complexity index is 414. The first-order chi connectivity index (χ1) is 7.08. The first kappa shape index (κ1) is 11.4. The minimum absolute atomic E-state index is 0.0206. The number of nitrogens with one attached hydrogen (secondary N) is 1. The summed E-state index contributed by atoms with van der Waals surface area (Å²) in [4.78, 5) is 22.6. The number of hydrogen-bond donors (Lipinski definition) is 1. The van der Waals surface area contributed by atoms with Crippen molar-refractivity contribution in [2.24, 2.45) is 0 Å². The van der Waals surface area contributed by atoms with Crippen molar-refractivity contribution in [3.8, 4) is 0 Å². The molecular weight excluding hydrogens is 222 g/mol. The van der Waals surface area contributed by atoms with Gasteiger partial charge < -0.3 is 4.74 Å². The van der Waals surface area contributed by atoms with E-state index in [-0.39, 0.29) is 10.6 Å². The molecule has 1 aromatic rings. The molecule has 0 fully saturated rings. The fourth-order valence-corrected chi connectivity index (χ4v) is 1.50. The van der Waals surface area contributed by atoms with Gasteiger partial charge in [-0.1, -0.05) is 0 Å². The summed E-state index contributed by atoms with van der Waals surface area (Å²) in [6.45, 7) is 0. The van der Waals surface area contributed by atoms with Gasteiger partial charge in [-0.2, -0.15) is 4.79 Å². The second-order valence-corrected chi connectivity index (χ2v) is 3.85. The molecule has 82 valence electrons. The molecule has 0 radical (unpaired) electrons. The molecule has 1 N–H and O–H groups in total.